The Bertz CT molecular complexity index is 860. The third kappa shape index (κ3) is 4.05. The maximum atomic E-state index is 12.3. The summed E-state index contributed by atoms with van der Waals surface area (Å²) in [5, 5.41) is 13.1. The summed E-state index contributed by atoms with van der Waals surface area (Å²) in [5.41, 5.74) is 1.28. The van der Waals surface area contributed by atoms with Crippen LogP contribution in [0.3, 0.4) is 0 Å². The van der Waals surface area contributed by atoms with Gasteiger partial charge >= 0.3 is 0 Å². The largest absolute Gasteiger partial charge is 0.296 e. The van der Waals surface area contributed by atoms with E-state index in [0.717, 1.165) is 10.6 Å². The molecule has 0 fully saturated rings. The number of halogens is 3. The summed E-state index contributed by atoms with van der Waals surface area (Å²) in [6.07, 6.45) is 0.609. The molecular weight excluding hydrogens is 389 g/mol. The highest BCUT2D eigenvalue weighted by atomic mass is 35.5. The Labute approximate surface area is 157 Å². The molecule has 0 spiro atoms. The first-order chi connectivity index (χ1) is 11.5. The molecule has 4 nitrogen and oxygen atoms in total. The Morgan fingerprint density at radius 3 is 2.33 bits per heavy atom. The van der Waals surface area contributed by atoms with Crippen molar-refractivity contribution in [2.24, 2.45) is 0 Å². The first kappa shape index (κ1) is 17.2. The molecular formula is C16H10Cl3N3OS. The number of nitrogens with one attached hydrogen (secondary N) is 1. The molecule has 0 aliphatic heterocycles. The smallest absolute Gasteiger partial charge is 0.260 e. The van der Waals surface area contributed by atoms with E-state index in [1.54, 1.807) is 18.2 Å². The zero-order chi connectivity index (χ0) is 17.1. The van der Waals surface area contributed by atoms with Crippen molar-refractivity contribution in [3.63, 3.8) is 0 Å². The van der Waals surface area contributed by atoms with Gasteiger partial charge in [0.15, 0.2) is 0 Å². The Morgan fingerprint density at radius 1 is 1.00 bits per heavy atom. The number of aromatic nitrogens is 2. The van der Waals surface area contributed by atoms with Crippen molar-refractivity contribution in [1.82, 2.24) is 10.2 Å². The van der Waals surface area contributed by atoms with Gasteiger partial charge in [-0.1, -0.05) is 64.3 Å². The van der Waals surface area contributed by atoms with Gasteiger partial charge in [0.1, 0.15) is 5.01 Å². The number of nitrogens with zero attached hydrogens (tertiary/aromatic N) is 2. The first-order valence-corrected chi connectivity index (χ1v) is 8.80. The van der Waals surface area contributed by atoms with Gasteiger partial charge in [-0.05, 0) is 29.8 Å². The minimum Gasteiger partial charge on any atom is -0.296 e. The predicted molar refractivity (Wildman–Crippen MR) is 98.6 cm³/mol. The van der Waals surface area contributed by atoms with Crippen LogP contribution in [0.4, 0.5) is 5.13 Å². The molecule has 0 unspecified atom stereocenters. The Hall–Kier alpha value is -1.66. The van der Waals surface area contributed by atoms with E-state index in [1.807, 2.05) is 24.3 Å². The summed E-state index contributed by atoms with van der Waals surface area (Å²) >= 11 is 19.2. The average Bonchev–Trinajstić information content (AvgIpc) is 2.96. The maximum absolute atomic E-state index is 12.3. The molecule has 1 aromatic heterocycles. The molecule has 24 heavy (non-hydrogen) atoms. The highest BCUT2D eigenvalue weighted by molar-refractivity contribution is 7.15. The SMILES string of the molecule is O=C(Nc1nnc(Cc2ccc(Cl)cc2)s1)c1c(Cl)cccc1Cl. The molecule has 0 saturated carbocycles. The van der Waals surface area contributed by atoms with Crippen molar-refractivity contribution in [3.05, 3.63) is 73.7 Å². The monoisotopic (exact) mass is 397 g/mol. The van der Waals surface area contributed by atoms with Crippen molar-refractivity contribution < 1.29 is 4.79 Å². The van der Waals surface area contributed by atoms with Gasteiger partial charge in [0.2, 0.25) is 5.13 Å². The van der Waals surface area contributed by atoms with Gasteiger partial charge < -0.3 is 0 Å². The second kappa shape index (κ2) is 7.49. The number of carbonyl (C=O) groups is 1. The molecule has 122 valence electrons. The molecule has 3 aromatic rings. The summed E-state index contributed by atoms with van der Waals surface area (Å²) in [7, 11) is 0. The lowest BCUT2D eigenvalue weighted by molar-refractivity contribution is 0.102. The molecule has 0 bridgehead atoms. The van der Waals surface area contributed by atoms with Crippen LogP contribution >= 0.6 is 46.1 Å². The zero-order valence-corrected chi connectivity index (χ0v) is 15.2. The van der Waals surface area contributed by atoms with Crippen LogP contribution in [0.25, 0.3) is 0 Å². The van der Waals surface area contributed by atoms with Crippen molar-refractivity contribution in [2.75, 3.05) is 5.32 Å². The van der Waals surface area contributed by atoms with Crippen LogP contribution in [-0.2, 0) is 6.42 Å². The average molecular weight is 399 g/mol. The molecule has 0 radical (unpaired) electrons. The van der Waals surface area contributed by atoms with Crippen LogP contribution in [0.2, 0.25) is 15.1 Å². The van der Waals surface area contributed by atoms with Gasteiger partial charge in [-0.2, -0.15) is 0 Å². The number of hydrogen-bond acceptors (Lipinski definition) is 4. The zero-order valence-electron chi connectivity index (χ0n) is 12.1. The molecule has 0 atom stereocenters. The molecule has 0 aliphatic rings. The quantitative estimate of drug-likeness (QED) is 0.645. The third-order valence-electron chi connectivity index (χ3n) is 3.15. The first-order valence-electron chi connectivity index (χ1n) is 6.85. The molecule has 0 saturated heterocycles. The number of rotatable bonds is 4. The molecule has 1 amide bonds. The number of anilines is 1. The Balaban J connectivity index is 1.72. The molecule has 3 rings (SSSR count). The lowest BCUT2D eigenvalue weighted by Gasteiger charge is -2.05. The van der Waals surface area contributed by atoms with Crippen LogP contribution in [0.1, 0.15) is 20.9 Å². The fourth-order valence-electron chi connectivity index (χ4n) is 2.03. The summed E-state index contributed by atoms with van der Waals surface area (Å²) in [5.74, 6) is -0.417. The van der Waals surface area contributed by atoms with Gasteiger partial charge in [-0.25, -0.2) is 0 Å². The Kier molecular flexibility index (Phi) is 5.36. The fourth-order valence-corrected chi connectivity index (χ4v) is 3.49. The minimum absolute atomic E-state index is 0.218. The van der Waals surface area contributed by atoms with Crippen molar-refractivity contribution in [2.45, 2.75) is 6.42 Å². The van der Waals surface area contributed by atoms with Crippen LogP contribution < -0.4 is 5.32 Å². The fraction of sp³-hybridized carbons (Fsp3) is 0.0625. The predicted octanol–water partition coefficient (Wildman–Crippen LogP) is 5.34. The number of benzene rings is 2. The number of hydrogen-bond donors (Lipinski definition) is 1. The molecule has 0 aliphatic carbocycles. The lowest BCUT2D eigenvalue weighted by atomic mass is 10.2. The van der Waals surface area contributed by atoms with Gasteiger partial charge in [0, 0.05) is 11.4 Å². The summed E-state index contributed by atoms with van der Waals surface area (Å²) in [4.78, 5) is 12.3. The number of carbonyl (C=O) groups excluding carboxylic acids is 1. The van der Waals surface area contributed by atoms with Gasteiger partial charge in [0.25, 0.3) is 5.91 Å². The van der Waals surface area contributed by atoms with Crippen molar-refractivity contribution in [1.29, 1.82) is 0 Å². The summed E-state index contributed by atoms with van der Waals surface area (Å²) in [6.45, 7) is 0. The van der Waals surface area contributed by atoms with Gasteiger partial charge in [-0.15, -0.1) is 10.2 Å². The van der Waals surface area contributed by atoms with Crippen LogP contribution in [0.5, 0.6) is 0 Å². The number of amides is 1. The minimum atomic E-state index is -0.417. The van der Waals surface area contributed by atoms with E-state index in [0.29, 0.717) is 16.6 Å². The second-order valence-corrected chi connectivity index (χ2v) is 7.17. The summed E-state index contributed by atoms with van der Waals surface area (Å²) < 4.78 is 0. The van der Waals surface area contributed by atoms with Crippen molar-refractivity contribution in [3.8, 4) is 0 Å². The van der Waals surface area contributed by atoms with Crippen molar-refractivity contribution >= 4 is 57.2 Å². The van der Waals surface area contributed by atoms with Crippen LogP contribution in [-0.4, -0.2) is 16.1 Å². The van der Waals surface area contributed by atoms with Gasteiger partial charge in [0.05, 0.1) is 15.6 Å². The van der Waals surface area contributed by atoms with E-state index >= 15 is 0 Å². The lowest BCUT2D eigenvalue weighted by Crippen LogP contribution is -2.12. The van der Waals surface area contributed by atoms with Crippen LogP contribution in [0.15, 0.2) is 42.5 Å². The normalized spacial score (nSPS) is 10.6. The third-order valence-corrected chi connectivity index (χ3v) is 4.87. The standard InChI is InChI=1S/C16H10Cl3N3OS/c17-10-6-4-9(5-7-10)8-13-21-22-16(24-13)20-15(23)14-11(18)2-1-3-12(14)19/h1-7H,8H2,(H,20,22,23). The van der Waals surface area contributed by atoms with E-state index in [1.165, 1.54) is 11.3 Å². The highest BCUT2D eigenvalue weighted by Gasteiger charge is 2.16. The molecule has 8 heteroatoms. The van der Waals surface area contributed by atoms with E-state index in [-0.39, 0.29) is 15.6 Å². The van der Waals surface area contributed by atoms with E-state index in [9.17, 15) is 4.79 Å². The van der Waals surface area contributed by atoms with E-state index in [4.69, 9.17) is 34.8 Å². The molecule has 2 aromatic carbocycles. The maximum Gasteiger partial charge on any atom is 0.260 e. The molecule has 1 N–H and O–H groups in total. The second-order valence-electron chi connectivity index (χ2n) is 4.85. The van der Waals surface area contributed by atoms with E-state index in [2.05, 4.69) is 15.5 Å². The van der Waals surface area contributed by atoms with E-state index < -0.39 is 5.91 Å². The van der Waals surface area contributed by atoms with Crippen LogP contribution in [0, 0.1) is 0 Å². The summed E-state index contributed by atoms with van der Waals surface area (Å²) in [6, 6.07) is 12.4. The Morgan fingerprint density at radius 2 is 1.67 bits per heavy atom. The van der Waals surface area contributed by atoms with Gasteiger partial charge in [-0.3, -0.25) is 10.1 Å². The topological polar surface area (TPSA) is 54.9 Å². The molecule has 1 heterocycles. The highest BCUT2D eigenvalue weighted by Crippen LogP contribution is 2.26.